The largest absolute Gasteiger partial charge is 0.377 e. The van der Waals surface area contributed by atoms with Gasteiger partial charge in [0.2, 0.25) is 5.91 Å². The van der Waals surface area contributed by atoms with Gasteiger partial charge in [-0.15, -0.1) is 0 Å². The van der Waals surface area contributed by atoms with Crippen LogP contribution in [0.5, 0.6) is 0 Å². The zero-order valence-corrected chi connectivity index (χ0v) is 12.0. The van der Waals surface area contributed by atoms with E-state index in [9.17, 15) is 4.79 Å². The predicted molar refractivity (Wildman–Crippen MR) is 73.4 cm³/mol. The fourth-order valence-electron chi connectivity index (χ4n) is 4.54. The van der Waals surface area contributed by atoms with Crippen molar-refractivity contribution in [3.05, 3.63) is 0 Å². The Bertz CT molecular complexity index is 369. The Labute approximate surface area is 115 Å². The fourth-order valence-corrected chi connectivity index (χ4v) is 4.54. The summed E-state index contributed by atoms with van der Waals surface area (Å²) in [7, 11) is 0. The highest BCUT2D eigenvalue weighted by Crippen LogP contribution is 2.52. The van der Waals surface area contributed by atoms with Crippen LogP contribution in [0, 0.1) is 23.2 Å². The Kier molecular flexibility index (Phi) is 3.34. The van der Waals surface area contributed by atoms with E-state index in [4.69, 9.17) is 10.5 Å². The maximum atomic E-state index is 12.5. The van der Waals surface area contributed by atoms with Gasteiger partial charge in [-0.05, 0) is 31.7 Å². The summed E-state index contributed by atoms with van der Waals surface area (Å²) in [5.74, 6) is 1.29. The monoisotopic (exact) mass is 266 g/mol. The number of hydrogen-bond acceptors (Lipinski definition) is 3. The number of hydrogen-bond donors (Lipinski definition) is 2. The van der Waals surface area contributed by atoms with E-state index >= 15 is 0 Å². The molecule has 1 aliphatic heterocycles. The SMILES string of the molecule is CC1(C)C(NC(=O)[C@@H]2CCC[C@@H]2CN)C2CCOC21. The van der Waals surface area contributed by atoms with Gasteiger partial charge in [0.15, 0.2) is 0 Å². The topological polar surface area (TPSA) is 64.4 Å². The van der Waals surface area contributed by atoms with Crippen molar-refractivity contribution in [3.8, 4) is 0 Å². The molecule has 2 saturated carbocycles. The van der Waals surface area contributed by atoms with Gasteiger partial charge in [-0.3, -0.25) is 4.79 Å². The first-order chi connectivity index (χ1) is 9.05. The van der Waals surface area contributed by atoms with E-state index in [1.165, 1.54) is 0 Å². The summed E-state index contributed by atoms with van der Waals surface area (Å²) < 4.78 is 5.78. The van der Waals surface area contributed by atoms with Gasteiger partial charge >= 0.3 is 0 Å². The first-order valence-corrected chi connectivity index (χ1v) is 7.67. The summed E-state index contributed by atoms with van der Waals surface area (Å²) in [6.45, 7) is 5.90. The molecule has 1 saturated heterocycles. The lowest BCUT2D eigenvalue weighted by molar-refractivity contribution is -0.141. The minimum atomic E-state index is 0.0770. The van der Waals surface area contributed by atoms with Crippen molar-refractivity contribution < 1.29 is 9.53 Å². The van der Waals surface area contributed by atoms with Crippen LogP contribution in [0.1, 0.15) is 39.5 Å². The molecule has 4 heteroatoms. The van der Waals surface area contributed by atoms with E-state index in [1.807, 2.05) is 0 Å². The van der Waals surface area contributed by atoms with Gasteiger partial charge < -0.3 is 15.8 Å². The van der Waals surface area contributed by atoms with Crippen LogP contribution in [0.4, 0.5) is 0 Å². The summed E-state index contributed by atoms with van der Waals surface area (Å²) in [5.41, 5.74) is 5.86. The number of amides is 1. The number of rotatable bonds is 3. The molecule has 3 unspecified atom stereocenters. The van der Waals surface area contributed by atoms with Crippen LogP contribution < -0.4 is 11.1 Å². The number of ether oxygens (including phenoxy) is 1. The summed E-state index contributed by atoms with van der Waals surface area (Å²) >= 11 is 0. The third-order valence-electron chi connectivity index (χ3n) is 5.70. The third-order valence-corrected chi connectivity index (χ3v) is 5.70. The average molecular weight is 266 g/mol. The molecule has 19 heavy (non-hydrogen) atoms. The molecule has 3 N–H and O–H groups in total. The van der Waals surface area contributed by atoms with E-state index in [1.54, 1.807) is 0 Å². The first-order valence-electron chi connectivity index (χ1n) is 7.67. The van der Waals surface area contributed by atoms with Gasteiger partial charge in [-0.1, -0.05) is 20.3 Å². The quantitative estimate of drug-likeness (QED) is 0.809. The summed E-state index contributed by atoms with van der Waals surface area (Å²) in [6, 6.07) is 0.284. The van der Waals surface area contributed by atoms with E-state index < -0.39 is 0 Å². The van der Waals surface area contributed by atoms with Gasteiger partial charge in [0.1, 0.15) is 0 Å². The predicted octanol–water partition coefficient (Wildman–Crippen LogP) is 1.29. The second-order valence-electron chi connectivity index (χ2n) is 7.08. The van der Waals surface area contributed by atoms with Crippen molar-refractivity contribution in [2.24, 2.45) is 28.9 Å². The van der Waals surface area contributed by atoms with Crippen LogP contribution in [-0.4, -0.2) is 31.2 Å². The lowest BCUT2D eigenvalue weighted by Crippen LogP contribution is -2.67. The molecule has 2 aliphatic carbocycles. The molecular formula is C15H26N2O2. The summed E-state index contributed by atoms with van der Waals surface area (Å²) in [5, 5.41) is 3.31. The second-order valence-corrected chi connectivity index (χ2v) is 7.08. The summed E-state index contributed by atoms with van der Waals surface area (Å²) in [4.78, 5) is 12.5. The van der Waals surface area contributed by atoms with Crippen LogP contribution in [-0.2, 0) is 9.53 Å². The maximum absolute atomic E-state index is 12.5. The van der Waals surface area contributed by atoms with Crippen molar-refractivity contribution in [3.63, 3.8) is 0 Å². The Morgan fingerprint density at radius 1 is 1.37 bits per heavy atom. The molecule has 4 nitrogen and oxygen atoms in total. The molecule has 0 radical (unpaired) electrons. The Morgan fingerprint density at radius 2 is 2.16 bits per heavy atom. The first kappa shape index (κ1) is 13.4. The van der Waals surface area contributed by atoms with E-state index in [0.29, 0.717) is 24.5 Å². The minimum absolute atomic E-state index is 0.0770. The van der Waals surface area contributed by atoms with Gasteiger partial charge in [0.25, 0.3) is 0 Å². The highest BCUT2D eigenvalue weighted by atomic mass is 16.5. The highest BCUT2D eigenvalue weighted by molar-refractivity contribution is 5.80. The van der Waals surface area contributed by atoms with Gasteiger partial charge in [-0.2, -0.15) is 0 Å². The zero-order chi connectivity index (χ0) is 13.6. The molecule has 3 fully saturated rings. The Hall–Kier alpha value is -0.610. The van der Waals surface area contributed by atoms with Crippen molar-refractivity contribution in [1.82, 2.24) is 5.32 Å². The van der Waals surface area contributed by atoms with Gasteiger partial charge in [0, 0.05) is 29.9 Å². The molecule has 5 atom stereocenters. The van der Waals surface area contributed by atoms with Crippen LogP contribution >= 0.6 is 0 Å². The summed E-state index contributed by atoms with van der Waals surface area (Å²) in [6.07, 6.45) is 4.68. The van der Waals surface area contributed by atoms with Gasteiger partial charge in [0.05, 0.1) is 6.10 Å². The third kappa shape index (κ3) is 2.00. The molecule has 0 aromatic rings. The standard InChI is InChI=1S/C15H26N2O2/c1-15(2)12(11-6-7-19-13(11)15)17-14(18)10-5-3-4-9(10)8-16/h9-13H,3-8,16H2,1-2H3,(H,17,18)/t9-,10-,11?,12?,13?/m1/s1. The van der Waals surface area contributed by atoms with Crippen LogP contribution in [0.3, 0.4) is 0 Å². The highest BCUT2D eigenvalue weighted by Gasteiger charge is 2.60. The normalized spacial score (nSPS) is 43.6. The van der Waals surface area contributed by atoms with Crippen molar-refractivity contribution in [2.75, 3.05) is 13.2 Å². The van der Waals surface area contributed by atoms with Crippen LogP contribution in [0.25, 0.3) is 0 Å². The molecular weight excluding hydrogens is 240 g/mol. The molecule has 0 aromatic carbocycles. The molecule has 1 heterocycles. The van der Waals surface area contributed by atoms with E-state index in [-0.39, 0.29) is 23.3 Å². The lowest BCUT2D eigenvalue weighted by Gasteiger charge is -2.54. The number of nitrogens with two attached hydrogens (primary N) is 1. The van der Waals surface area contributed by atoms with E-state index in [0.717, 1.165) is 32.3 Å². The molecule has 0 bridgehead atoms. The van der Waals surface area contributed by atoms with E-state index in [2.05, 4.69) is 19.2 Å². The molecule has 0 aromatic heterocycles. The zero-order valence-electron chi connectivity index (χ0n) is 12.0. The van der Waals surface area contributed by atoms with Gasteiger partial charge in [-0.25, -0.2) is 0 Å². The minimum Gasteiger partial charge on any atom is -0.377 e. The number of fused-ring (bicyclic) bond motifs is 1. The van der Waals surface area contributed by atoms with Crippen LogP contribution in [0.2, 0.25) is 0 Å². The molecule has 3 rings (SSSR count). The second kappa shape index (κ2) is 4.74. The fraction of sp³-hybridized carbons (Fsp3) is 0.933. The average Bonchev–Trinajstić information content (AvgIpc) is 3.02. The number of nitrogens with one attached hydrogen (secondary N) is 1. The maximum Gasteiger partial charge on any atom is 0.223 e. The Balaban J connectivity index is 1.63. The molecule has 1 amide bonds. The van der Waals surface area contributed by atoms with Crippen LogP contribution in [0.15, 0.2) is 0 Å². The smallest absolute Gasteiger partial charge is 0.223 e. The number of carbonyl (C=O) groups excluding carboxylic acids is 1. The van der Waals surface area contributed by atoms with Crippen molar-refractivity contribution in [1.29, 1.82) is 0 Å². The lowest BCUT2D eigenvalue weighted by atomic mass is 9.57. The number of carbonyl (C=O) groups is 1. The van der Waals surface area contributed by atoms with Crippen molar-refractivity contribution >= 4 is 5.91 Å². The van der Waals surface area contributed by atoms with Crippen molar-refractivity contribution in [2.45, 2.75) is 51.7 Å². The Morgan fingerprint density at radius 3 is 2.89 bits per heavy atom. The molecule has 0 spiro atoms. The molecule has 108 valence electrons. The molecule has 3 aliphatic rings.